The number of nitrogens with zero attached hydrogens (tertiary/aromatic N) is 2. The summed E-state index contributed by atoms with van der Waals surface area (Å²) in [6.45, 7) is 2.14. The van der Waals surface area contributed by atoms with Crippen molar-refractivity contribution >= 4 is 44.9 Å². The van der Waals surface area contributed by atoms with Crippen LogP contribution in [0.3, 0.4) is 0 Å². The van der Waals surface area contributed by atoms with Crippen LogP contribution in [-0.2, 0) is 10.0 Å². The largest absolute Gasteiger partial charge is 0.336 e. The monoisotopic (exact) mass is 440 g/mol. The molecule has 1 heterocycles. The highest BCUT2D eigenvalue weighted by Gasteiger charge is 2.31. The topological polar surface area (TPSA) is 74.8 Å². The molecule has 0 bridgehead atoms. The van der Waals surface area contributed by atoms with Crippen molar-refractivity contribution in [3.63, 3.8) is 0 Å². The number of ketones is 1. The lowest BCUT2D eigenvalue weighted by Gasteiger charge is -2.34. The highest BCUT2D eigenvalue weighted by atomic mass is 35.5. The molecule has 148 valence electrons. The number of rotatable bonds is 4. The van der Waals surface area contributed by atoms with E-state index < -0.39 is 10.0 Å². The summed E-state index contributed by atoms with van der Waals surface area (Å²) in [6.07, 6.45) is 0. The van der Waals surface area contributed by atoms with Crippen LogP contribution in [-0.4, -0.2) is 55.5 Å². The van der Waals surface area contributed by atoms with Crippen molar-refractivity contribution in [2.75, 3.05) is 26.2 Å². The highest BCUT2D eigenvalue weighted by Crippen LogP contribution is 2.27. The van der Waals surface area contributed by atoms with E-state index in [1.165, 1.54) is 23.4 Å². The van der Waals surface area contributed by atoms with Crippen molar-refractivity contribution in [1.82, 2.24) is 9.21 Å². The minimum Gasteiger partial charge on any atom is -0.336 e. The number of amides is 1. The van der Waals surface area contributed by atoms with Crippen LogP contribution in [0.5, 0.6) is 0 Å². The number of carbonyl (C=O) groups is 2. The Balaban J connectivity index is 1.74. The van der Waals surface area contributed by atoms with Crippen LogP contribution in [0.4, 0.5) is 0 Å². The molecule has 0 radical (unpaired) electrons. The summed E-state index contributed by atoms with van der Waals surface area (Å²) in [4.78, 5) is 25.8. The van der Waals surface area contributed by atoms with Crippen LogP contribution in [0.15, 0.2) is 47.4 Å². The first-order valence-corrected chi connectivity index (χ1v) is 10.8. The van der Waals surface area contributed by atoms with Crippen molar-refractivity contribution in [3.8, 4) is 0 Å². The third-order valence-corrected chi connectivity index (χ3v) is 7.30. The van der Waals surface area contributed by atoms with E-state index in [1.807, 2.05) is 0 Å². The highest BCUT2D eigenvalue weighted by molar-refractivity contribution is 7.89. The standard InChI is InChI=1S/C19H18Cl2N2O4S/c1-13(24)14-4-2-5-15(12-14)28(26,27)23-10-8-22(9-11-23)19(25)16-6-3-7-17(20)18(16)21/h2-7,12H,8-11H2,1H3. The van der Waals surface area contributed by atoms with Crippen molar-refractivity contribution < 1.29 is 18.0 Å². The van der Waals surface area contributed by atoms with Gasteiger partial charge in [0.2, 0.25) is 10.0 Å². The number of halogens is 2. The molecule has 9 heteroatoms. The summed E-state index contributed by atoms with van der Waals surface area (Å²) < 4.78 is 27.1. The molecule has 1 saturated heterocycles. The fraction of sp³-hybridized carbons (Fsp3) is 0.263. The molecule has 1 fully saturated rings. The molecule has 0 aromatic heterocycles. The molecule has 0 aliphatic carbocycles. The normalized spacial score (nSPS) is 15.5. The van der Waals surface area contributed by atoms with Gasteiger partial charge < -0.3 is 4.90 Å². The molecule has 1 aliphatic heterocycles. The average molecular weight is 441 g/mol. The molecule has 3 rings (SSSR count). The van der Waals surface area contributed by atoms with E-state index in [4.69, 9.17) is 23.2 Å². The average Bonchev–Trinajstić information content (AvgIpc) is 2.69. The molecule has 28 heavy (non-hydrogen) atoms. The van der Waals surface area contributed by atoms with Crippen LogP contribution < -0.4 is 0 Å². The zero-order valence-corrected chi connectivity index (χ0v) is 17.4. The summed E-state index contributed by atoms with van der Waals surface area (Å²) >= 11 is 12.1. The summed E-state index contributed by atoms with van der Waals surface area (Å²) in [7, 11) is -3.75. The Morgan fingerprint density at radius 3 is 2.25 bits per heavy atom. The quantitative estimate of drug-likeness (QED) is 0.683. The van der Waals surface area contributed by atoms with Gasteiger partial charge in [0.1, 0.15) is 0 Å². The lowest BCUT2D eigenvalue weighted by atomic mass is 10.2. The predicted octanol–water partition coefficient (Wildman–Crippen LogP) is 3.34. The Bertz CT molecular complexity index is 1030. The van der Waals surface area contributed by atoms with Crippen molar-refractivity contribution in [3.05, 3.63) is 63.6 Å². The summed E-state index contributed by atoms with van der Waals surface area (Å²) in [5, 5.41) is 0.476. The van der Waals surface area contributed by atoms with E-state index in [-0.39, 0.29) is 47.8 Å². The second kappa shape index (κ2) is 8.21. The van der Waals surface area contributed by atoms with E-state index in [0.717, 1.165) is 0 Å². The molecule has 0 atom stereocenters. The van der Waals surface area contributed by atoms with E-state index >= 15 is 0 Å². The number of hydrogen-bond donors (Lipinski definition) is 0. The molecule has 1 aliphatic rings. The van der Waals surface area contributed by atoms with Gasteiger partial charge in [0.05, 0.1) is 20.5 Å². The molecular weight excluding hydrogens is 423 g/mol. The summed E-state index contributed by atoms with van der Waals surface area (Å²) in [5.74, 6) is -0.492. The van der Waals surface area contributed by atoms with Crippen LogP contribution in [0.25, 0.3) is 0 Å². The predicted molar refractivity (Wildman–Crippen MR) is 108 cm³/mol. The maximum atomic E-state index is 12.9. The second-order valence-electron chi connectivity index (χ2n) is 6.38. The van der Waals surface area contributed by atoms with Crippen molar-refractivity contribution in [2.24, 2.45) is 0 Å². The van der Waals surface area contributed by atoms with Crippen LogP contribution >= 0.6 is 23.2 Å². The Morgan fingerprint density at radius 1 is 0.964 bits per heavy atom. The molecule has 0 unspecified atom stereocenters. The second-order valence-corrected chi connectivity index (χ2v) is 9.10. The van der Waals surface area contributed by atoms with Gasteiger partial charge in [0.15, 0.2) is 5.78 Å². The maximum absolute atomic E-state index is 12.9. The smallest absolute Gasteiger partial charge is 0.255 e. The van der Waals surface area contributed by atoms with Gasteiger partial charge in [-0.15, -0.1) is 0 Å². The fourth-order valence-electron chi connectivity index (χ4n) is 3.00. The van der Waals surface area contributed by atoms with Crippen molar-refractivity contribution in [2.45, 2.75) is 11.8 Å². The van der Waals surface area contributed by atoms with Gasteiger partial charge in [-0.2, -0.15) is 4.31 Å². The Morgan fingerprint density at radius 2 is 1.61 bits per heavy atom. The number of Topliss-reactive ketones (excluding diaryl/α,β-unsaturated/α-hetero) is 1. The van der Waals surface area contributed by atoms with Gasteiger partial charge in [0, 0.05) is 31.7 Å². The van der Waals surface area contributed by atoms with Gasteiger partial charge in [-0.05, 0) is 31.2 Å². The van der Waals surface area contributed by atoms with E-state index in [1.54, 1.807) is 35.2 Å². The first kappa shape index (κ1) is 20.8. The first-order chi connectivity index (χ1) is 13.2. The number of hydrogen-bond acceptors (Lipinski definition) is 4. The lowest BCUT2D eigenvalue weighted by Crippen LogP contribution is -2.50. The Hall–Kier alpha value is -1.93. The molecule has 2 aromatic rings. The van der Waals surface area contributed by atoms with Gasteiger partial charge in [-0.25, -0.2) is 8.42 Å². The van der Waals surface area contributed by atoms with E-state index in [0.29, 0.717) is 16.1 Å². The number of sulfonamides is 1. The minimum absolute atomic E-state index is 0.0675. The van der Waals surface area contributed by atoms with Crippen molar-refractivity contribution in [1.29, 1.82) is 0 Å². The summed E-state index contributed by atoms with van der Waals surface area (Å²) in [6, 6.07) is 10.8. The molecule has 0 saturated carbocycles. The molecule has 0 N–H and O–H groups in total. The third-order valence-electron chi connectivity index (χ3n) is 4.59. The zero-order chi connectivity index (χ0) is 20.5. The summed E-state index contributed by atoms with van der Waals surface area (Å²) in [5.41, 5.74) is 0.630. The molecular formula is C19H18Cl2N2O4S. The van der Waals surface area contributed by atoms with Gasteiger partial charge in [-0.3, -0.25) is 9.59 Å². The number of piperazine rings is 1. The SMILES string of the molecule is CC(=O)c1cccc(S(=O)(=O)N2CCN(C(=O)c3cccc(Cl)c3Cl)CC2)c1. The molecule has 6 nitrogen and oxygen atoms in total. The molecule has 2 aromatic carbocycles. The van der Waals surface area contributed by atoms with Gasteiger partial charge >= 0.3 is 0 Å². The number of benzene rings is 2. The van der Waals surface area contributed by atoms with E-state index in [9.17, 15) is 18.0 Å². The van der Waals surface area contributed by atoms with Crippen LogP contribution in [0.1, 0.15) is 27.6 Å². The van der Waals surface area contributed by atoms with Gasteiger partial charge in [0.25, 0.3) is 5.91 Å². The van der Waals surface area contributed by atoms with E-state index in [2.05, 4.69) is 0 Å². The molecule has 1 amide bonds. The Labute approximate surface area is 173 Å². The van der Waals surface area contributed by atoms with Crippen LogP contribution in [0.2, 0.25) is 10.0 Å². The maximum Gasteiger partial charge on any atom is 0.255 e. The zero-order valence-electron chi connectivity index (χ0n) is 15.1. The fourth-order valence-corrected chi connectivity index (χ4v) is 4.85. The number of carbonyl (C=O) groups excluding carboxylic acids is 2. The minimum atomic E-state index is -3.75. The first-order valence-electron chi connectivity index (χ1n) is 8.56. The Kier molecular flexibility index (Phi) is 6.09. The van der Waals surface area contributed by atoms with Crippen LogP contribution in [0, 0.1) is 0 Å². The lowest BCUT2D eigenvalue weighted by molar-refractivity contribution is 0.0698. The van der Waals surface area contributed by atoms with Gasteiger partial charge in [-0.1, -0.05) is 41.4 Å². The third kappa shape index (κ3) is 4.07. The molecule has 0 spiro atoms.